The van der Waals surface area contributed by atoms with Gasteiger partial charge in [0.25, 0.3) is 0 Å². The average Bonchev–Trinajstić information content (AvgIpc) is 2.66. The van der Waals surface area contributed by atoms with E-state index in [1.165, 1.54) is 18.2 Å². The summed E-state index contributed by atoms with van der Waals surface area (Å²) in [5.41, 5.74) is 0.643. The molecular weight excluding hydrogens is 271 g/mol. The summed E-state index contributed by atoms with van der Waals surface area (Å²) >= 11 is 0. The van der Waals surface area contributed by atoms with E-state index < -0.39 is 0 Å². The topological polar surface area (TPSA) is 40.6 Å². The third-order valence-corrected chi connectivity index (χ3v) is 3.55. The Morgan fingerprint density at radius 2 is 2.14 bits per heavy atom. The molecule has 1 heterocycles. The highest BCUT2D eigenvalue weighted by molar-refractivity contribution is 5.92. The molecule has 0 N–H and O–H groups in total. The highest BCUT2D eigenvalue weighted by atomic mass is 19.1. The van der Waals surface area contributed by atoms with Gasteiger partial charge in [-0.1, -0.05) is 12.1 Å². The van der Waals surface area contributed by atoms with Gasteiger partial charge in [0.1, 0.15) is 5.82 Å². The van der Waals surface area contributed by atoms with Crippen LogP contribution in [0.25, 0.3) is 6.08 Å². The second-order valence-corrected chi connectivity index (χ2v) is 4.94. The highest BCUT2D eigenvalue weighted by Crippen LogP contribution is 2.08. The average molecular weight is 290 g/mol. The van der Waals surface area contributed by atoms with Gasteiger partial charge in [0.05, 0.1) is 0 Å². The first-order valence-electron chi connectivity index (χ1n) is 7.10. The molecule has 1 fully saturated rings. The largest absolute Gasteiger partial charge is 0.341 e. The van der Waals surface area contributed by atoms with Crippen LogP contribution in [0.3, 0.4) is 0 Å². The Kier molecular flexibility index (Phi) is 5.09. The molecule has 112 valence electrons. The van der Waals surface area contributed by atoms with Crippen molar-refractivity contribution in [3.63, 3.8) is 0 Å². The van der Waals surface area contributed by atoms with Crippen molar-refractivity contribution in [1.29, 1.82) is 0 Å². The van der Waals surface area contributed by atoms with Crippen molar-refractivity contribution < 1.29 is 14.0 Å². The van der Waals surface area contributed by atoms with Crippen LogP contribution in [0.1, 0.15) is 18.9 Å². The van der Waals surface area contributed by atoms with E-state index in [0.717, 1.165) is 0 Å². The maximum atomic E-state index is 13.1. The molecule has 21 heavy (non-hydrogen) atoms. The van der Waals surface area contributed by atoms with Crippen molar-refractivity contribution in [2.24, 2.45) is 0 Å². The summed E-state index contributed by atoms with van der Waals surface area (Å²) in [6.45, 7) is 4.13. The Bertz CT molecular complexity index is 557. The SMILES string of the molecule is CCN1CCN(C(=O)/C=C/c2cccc(F)c2)CCC1=O. The molecule has 2 rings (SSSR count). The molecule has 0 atom stereocenters. The van der Waals surface area contributed by atoms with Gasteiger partial charge in [-0.15, -0.1) is 0 Å². The molecule has 0 radical (unpaired) electrons. The van der Waals surface area contributed by atoms with E-state index >= 15 is 0 Å². The summed E-state index contributed by atoms with van der Waals surface area (Å²) < 4.78 is 13.1. The highest BCUT2D eigenvalue weighted by Gasteiger charge is 2.21. The van der Waals surface area contributed by atoms with E-state index in [4.69, 9.17) is 0 Å². The number of hydrogen-bond acceptors (Lipinski definition) is 2. The Morgan fingerprint density at radius 1 is 1.33 bits per heavy atom. The summed E-state index contributed by atoms with van der Waals surface area (Å²) in [4.78, 5) is 27.3. The second-order valence-electron chi connectivity index (χ2n) is 4.94. The Hall–Kier alpha value is -2.17. The van der Waals surface area contributed by atoms with Gasteiger partial charge in [-0.2, -0.15) is 0 Å². The van der Waals surface area contributed by atoms with E-state index in [9.17, 15) is 14.0 Å². The molecule has 5 heteroatoms. The molecule has 1 saturated heterocycles. The van der Waals surface area contributed by atoms with Crippen LogP contribution in [-0.4, -0.2) is 47.8 Å². The Morgan fingerprint density at radius 3 is 2.86 bits per heavy atom. The van der Waals surface area contributed by atoms with Gasteiger partial charge in [0.15, 0.2) is 0 Å². The van der Waals surface area contributed by atoms with E-state index in [1.54, 1.807) is 28.0 Å². The second kappa shape index (κ2) is 7.02. The van der Waals surface area contributed by atoms with Crippen LogP contribution in [-0.2, 0) is 9.59 Å². The third kappa shape index (κ3) is 4.15. The lowest BCUT2D eigenvalue weighted by Crippen LogP contribution is -2.35. The number of rotatable bonds is 3. The maximum absolute atomic E-state index is 13.1. The lowest BCUT2D eigenvalue weighted by Gasteiger charge is -2.19. The lowest BCUT2D eigenvalue weighted by molar-refractivity contribution is -0.130. The van der Waals surface area contributed by atoms with Crippen LogP contribution in [0.15, 0.2) is 30.3 Å². The van der Waals surface area contributed by atoms with Crippen LogP contribution >= 0.6 is 0 Å². The van der Waals surface area contributed by atoms with E-state index in [0.29, 0.717) is 38.2 Å². The molecule has 1 aliphatic rings. The minimum atomic E-state index is -0.330. The molecule has 0 unspecified atom stereocenters. The standard InChI is InChI=1S/C16H19FN2O2/c1-2-18-10-11-19(9-8-16(18)21)15(20)7-6-13-4-3-5-14(17)12-13/h3-7,12H,2,8-11H2,1H3/b7-6+. The zero-order chi connectivity index (χ0) is 15.2. The van der Waals surface area contributed by atoms with E-state index in [-0.39, 0.29) is 17.6 Å². The molecule has 0 bridgehead atoms. The Balaban J connectivity index is 1.98. The zero-order valence-electron chi connectivity index (χ0n) is 12.1. The quantitative estimate of drug-likeness (QED) is 0.798. The van der Waals surface area contributed by atoms with Crippen LogP contribution in [0.4, 0.5) is 4.39 Å². The fraction of sp³-hybridized carbons (Fsp3) is 0.375. The number of nitrogens with zero attached hydrogens (tertiary/aromatic N) is 2. The van der Waals surface area contributed by atoms with Crippen LogP contribution in [0, 0.1) is 5.82 Å². The van der Waals surface area contributed by atoms with Gasteiger partial charge in [0, 0.05) is 38.7 Å². The first-order valence-corrected chi connectivity index (χ1v) is 7.10. The summed E-state index contributed by atoms with van der Waals surface area (Å²) in [7, 11) is 0. The van der Waals surface area contributed by atoms with Crippen LogP contribution in [0.5, 0.6) is 0 Å². The summed E-state index contributed by atoms with van der Waals surface area (Å²) in [6, 6.07) is 6.06. The fourth-order valence-corrected chi connectivity index (χ4v) is 2.30. The van der Waals surface area contributed by atoms with Crippen molar-refractivity contribution in [2.45, 2.75) is 13.3 Å². The number of carbonyl (C=O) groups is 2. The predicted molar refractivity (Wildman–Crippen MR) is 78.9 cm³/mol. The van der Waals surface area contributed by atoms with Crippen LogP contribution in [0.2, 0.25) is 0 Å². The maximum Gasteiger partial charge on any atom is 0.246 e. The molecular formula is C16H19FN2O2. The van der Waals surface area contributed by atoms with Gasteiger partial charge >= 0.3 is 0 Å². The van der Waals surface area contributed by atoms with Crippen LogP contribution < -0.4 is 0 Å². The molecule has 0 saturated carbocycles. The van der Waals surface area contributed by atoms with E-state index in [2.05, 4.69) is 0 Å². The number of carbonyl (C=O) groups excluding carboxylic acids is 2. The Labute approximate surface area is 123 Å². The minimum absolute atomic E-state index is 0.0851. The summed E-state index contributed by atoms with van der Waals surface area (Å²) in [6.07, 6.45) is 3.38. The van der Waals surface area contributed by atoms with Gasteiger partial charge in [-0.25, -0.2) is 4.39 Å². The molecule has 0 aliphatic carbocycles. The normalized spacial score (nSPS) is 16.4. The predicted octanol–water partition coefficient (Wildman–Crippen LogP) is 1.92. The molecule has 0 aromatic heterocycles. The number of hydrogen-bond donors (Lipinski definition) is 0. The monoisotopic (exact) mass is 290 g/mol. The molecule has 1 aromatic carbocycles. The number of halogens is 1. The smallest absolute Gasteiger partial charge is 0.246 e. The molecule has 0 spiro atoms. The van der Waals surface area contributed by atoms with Gasteiger partial charge in [-0.3, -0.25) is 9.59 Å². The first-order chi connectivity index (χ1) is 10.1. The lowest BCUT2D eigenvalue weighted by atomic mass is 10.2. The summed E-state index contributed by atoms with van der Waals surface area (Å²) in [5.74, 6) is -0.393. The summed E-state index contributed by atoms with van der Waals surface area (Å²) in [5, 5.41) is 0. The van der Waals surface area contributed by atoms with Crippen molar-refractivity contribution >= 4 is 17.9 Å². The number of benzene rings is 1. The minimum Gasteiger partial charge on any atom is -0.341 e. The van der Waals surface area contributed by atoms with Gasteiger partial charge < -0.3 is 9.80 Å². The fourth-order valence-electron chi connectivity index (χ4n) is 2.30. The third-order valence-electron chi connectivity index (χ3n) is 3.55. The van der Waals surface area contributed by atoms with Crippen molar-refractivity contribution in [3.05, 3.63) is 41.7 Å². The van der Waals surface area contributed by atoms with E-state index in [1.807, 2.05) is 6.92 Å². The number of amides is 2. The van der Waals surface area contributed by atoms with Crippen molar-refractivity contribution in [1.82, 2.24) is 9.80 Å². The van der Waals surface area contributed by atoms with Crippen molar-refractivity contribution in [2.75, 3.05) is 26.2 Å². The number of likely N-dealkylation sites (N-methyl/N-ethyl adjacent to an activating group) is 1. The molecule has 1 aliphatic heterocycles. The molecule has 1 aromatic rings. The van der Waals surface area contributed by atoms with Gasteiger partial charge in [-0.05, 0) is 30.7 Å². The molecule has 2 amide bonds. The molecule has 4 nitrogen and oxygen atoms in total. The van der Waals surface area contributed by atoms with Gasteiger partial charge in [0.2, 0.25) is 11.8 Å². The zero-order valence-corrected chi connectivity index (χ0v) is 12.1. The van der Waals surface area contributed by atoms with Crippen molar-refractivity contribution in [3.8, 4) is 0 Å². The first kappa shape index (κ1) is 15.2.